The summed E-state index contributed by atoms with van der Waals surface area (Å²) in [4.78, 5) is 26.5. The highest BCUT2D eigenvalue weighted by molar-refractivity contribution is 5.94. The molecule has 1 aliphatic heterocycles. The van der Waals surface area contributed by atoms with Crippen molar-refractivity contribution >= 4 is 12.0 Å². The molecule has 2 aliphatic carbocycles. The highest BCUT2D eigenvalue weighted by Gasteiger charge is 2.36. The molecule has 1 heterocycles. The van der Waals surface area contributed by atoms with Crippen LogP contribution in [0.3, 0.4) is 0 Å². The molecule has 2 amide bonds. The van der Waals surface area contributed by atoms with Gasteiger partial charge in [-0.25, -0.2) is 9.69 Å². The van der Waals surface area contributed by atoms with E-state index < -0.39 is 6.09 Å². The van der Waals surface area contributed by atoms with Crippen molar-refractivity contribution in [2.24, 2.45) is 5.92 Å². The van der Waals surface area contributed by atoms with Crippen molar-refractivity contribution in [1.82, 2.24) is 4.90 Å². The van der Waals surface area contributed by atoms with Crippen molar-refractivity contribution in [3.8, 4) is 11.5 Å². The maximum absolute atomic E-state index is 12.6. The average Bonchev–Trinajstić information content (AvgIpc) is 3.47. The number of nitrogens with zero attached hydrogens (tertiary/aromatic N) is 1. The zero-order valence-electron chi connectivity index (χ0n) is 19.8. The minimum absolute atomic E-state index is 0.0768. The van der Waals surface area contributed by atoms with Gasteiger partial charge in [-0.05, 0) is 81.1 Å². The Morgan fingerprint density at radius 1 is 1.18 bits per heavy atom. The number of ether oxygens (including phenoxy) is 3. The fourth-order valence-corrected chi connectivity index (χ4v) is 5.03. The summed E-state index contributed by atoms with van der Waals surface area (Å²) in [5.74, 6) is 1.65. The van der Waals surface area contributed by atoms with E-state index in [1.165, 1.54) is 23.3 Å². The normalized spacial score (nSPS) is 23.4. The van der Waals surface area contributed by atoms with Gasteiger partial charge in [0.1, 0.15) is 6.61 Å². The van der Waals surface area contributed by atoms with Crippen molar-refractivity contribution in [3.63, 3.8) is 0 Å². The Bertz CT molecular complexity index is 930. The van der Waals surface area contributed by atoms with Crippen LogP contribution in [0.4, 0.5) is 4.79 Å². The van der Waals surface area contributed by atoms with E-state index in [0.717, 1.165) is 43.2 Å². The van der Waals surface area contributed by atoms with Gasteiger partial charge in [0, 0.05) is 18.9 Å². The van der Waals surface area contributed by atoms with E-state index in [1.807, 2.05) is 18.2 Å². The Morgan fingerprint density at radius 3 is 2.64 bits per heavy atom. The minimum atomic E-state index is -0.554. The van der Waals surface area contributed by atoms with Gasteiger partial charge in [-0.1, -0.05) is 24.3 Å². The lowest BCUT2D eigenvalue weighted by molar-refractivity contribution is -0.126. The van der Waals surface area contributed by atoms with Gasteiger partial charge in [0.15, 0.2) is 11.5 Å². The first-order valence-corrected chi connectivity index (χ1v) is 12.1. The standard InChI is InChI=1S/C27H35NO5/c1-18(2)20-10-8-19(9-11-20)17-32-27(30)28-16-22(15-26(28)29)21-12-13-24(31-3)25(14-21)33-23-6-4-5-7-23/h8,12-14,20,22-23H,1,4-7,9-11,15-17H2,2-3H3. The third-order valence-corrected chi connectivity index (χ3v) is 7.18. The third-order valence-electron chi connectivity index (χ3n) is 7.18. The van der Waals surface area contributed by atoms with Crippen molar-refractivity contribution in [1.29, 1.82) is 0 Å². The number of benzene rings is 1. The Balaban J connectivity index is 1.35. The highest BCUT2D eigenvalue weighted by atomic mass is 16.6. The Hall–Kier alpha value is -2.76. The summed E-state index contributed by atoms with van der Waals surface area (Å²) < 4.78 is 17.2. The molecule has 0 spiro atoms. The van der Waals surface area contributed by atoms with Gasteiger partial charge in [-0.2, -0.15) is 0 Å². The fourth-order valence-electron chi connectivity index (χ4n) is 5.03. The van der Waals surface area contributed by atoms with E-state index in [0.29, 0.717) is 24.0 Å². The number of hydrogen-bond acceptors (Lipinski definition) is 5. The smallest absolute Gasteiger partial charge is 0.416 e. The molecule has 1 saturated carbocycles. The van der Waals surface area contributed by atoms with Crippen molar-refractivity contribution in [3.05, 3.63) is 47.6 Å². The third kappa shape index (κ3) is 5.60. The molecule has 6 heteroatoms. The van der Waals surface area contributed by atoms with Crippen LogP contribution in [-0.4, -0.2) is 43.3 Å². The lowest BCUT2D eigenvalue weighted by Gasteiger charge is -2.22. The van der Waals surface area contributed by atoms with Crippen LogP contribution in [0.15, 0.2) is 42.0 Å². The minimum Gasteiger partial charge on any atom is -0.493 e. The second-order valence-electron chi connectivity index (χ2n) is 9.57. The first-order valence-electron chi connectivity index (χ1n) is 12.1. The molecule has 0 bridgehead atoms. The summed E-state index contributed by atoms with van der Waals surface area (Å²) in [5.41, 5.74) is 3.30. The summed E-state index contributed by atoms with van der Waals surface area (Å²) in [6.45, 7) is 6.67. The summed E-state index contributed by atoms with van der Waals surface area (Å²) in [6, 6.07) is 5.81. The molecule has 2 fully saturated rings. The van der Waals surface area contributed by atoms with Crippen LogP contribution in [-0.2, 0) is 9.53 Å². The molecule has 0 N–H and O–H groups in total. The van der Waals surface area contributed by atoms with Gasteiger partial charge in [0.25, 0.3) is 0 Å². The molecular formula is C27H35NO5. The zero-order valence-corrected chi connectivity index (χ0v) is 19.8. The molecule has 0 radical (unpaired) electrons. The molecule has 1 saturated heterocycles. The Kier molecular flexibility index (Phi) is 7.41. The molecule has 6 nitrogen and oxygen atoms in total. The monoisotopic (exact) mass is 453 g/mol. The van der Waals surface area contributed by atoms with E-state index in [1.54, 1.807) is 7.11 Å². The van der Waals surface area contributed by atoms with Crippen molar-refractivity contribution < 1.29 is 23.8 Å². The summed E-state index contributed by atoms with van der Waals surface area (Å²) >= 11 is 0. The van der Waals surface area contributed by atoms with Crippen molar-refractivity contribution in [2.75, 3.05) is 20.3 Å². The Labute approximate surface area is 196 Å². The number of methoxy groups -OCH3 is 1. The number of carbonyl (C=O) groups is 2. The zero-order chi connectivity index (χ0) is 23.4. The number of rotatable bonds is 7. The lowest BCUT2D eigenvalue weighted by atomic mass is 9.86. The van der Waals surface area contributed by atoms with Gasteiger partial charge in [-0.3, -0.25) is 4.79 Å². The number of allylic oxidation sites excluding steroid dienone is 2. The van der Waals surface area contributed by atoms with Crippen LogP contribution in [0.2, 0.25) is 0 Å². The molecular weight excluding hydrogens is 418 g/mol. The van der Waals surface area contributed by atoms with E-state index in [9.17, 15) is 9.59 Å². The maximum Gasteiger partial charge on any atom is 0.416 e. The SMILES string of the molecule is C=C(C)C1CC=C(COC(=O)N2CC(c3ccc(OC)c(OC4CCCC4)c3)CC2=O)CC1. The molecule has 4 rings (SSSR count). The van der Waals surface area contributed by atoms with E-state index in [-0.39, 0.29) is 31.0 Å². The number of amides is 2. The number of imide groups is 1. The first kappa shape index (κ1) is 23.4. The Morgan fingerprint density at radius 2 is 1.97 bits per heavy atom. The van der Waals surface area contributed by atoms with E-state index in [4.69, 9.17) is 14.2 Å². The number of carbonyl (C=O) groups excluding carboxylic acids is 2. The molecule has 1 aromatic carbocycles. The molecule has 178 valence electrons. The summed E-state index contributed by atoms with van der Waals surface area (Å²) in [6.07, 6.45) is 9.45. The average molecular weight is 454 g/mol. The quantitative estimate of drug-likeness (QED) is 0.490. The van der Waals surface area contributed by atoms with Gasteiger partial charge in [0.05, 0.1) is 13.2 Å². The van der Waals surface area contributed by atoms with E-state index >= 15 is 0 Å². The van der Waals surface area contributed by atoms with Gasteiger partial charge in [0.2, 0.25) is 5.91 Å². The predicted molar refractivity (Wildman–Crippen MR) is 127 cm³/mol. The molecule has 0 aromatic heterocycles. The first-order chi connectivity index (χ1) is 15.9. The predicted octanol–water partition coefficient (Wildman–Crippen LogP) is 5.77. The second kappa shape index (κ2) is 10.4. The highest BCUT2D eigenvalue weighted by Crippen LogP contribution is 2.37. The van der Waals surface area contributed by atoms with Gasteiger partial charge < -0.3 is 14.2 Å². The van der Waals surface area contributed by atoms with Gasteiger partial charge >= 0.3 is 6.09 Å². The molecule has 3 aliphatic rings. The van der Waals surface area contributed by atoms with Gasteiger partial charge in [-0.15, -0.1) is 0 Å². The molecule has 2 unspecified atom stereocenters. The second-order valence-corrected chi connectivity index (χ2v) is 9.57. The number of likely N-dealkylation sites (tertiary alicyclic amines) is 1. The number of hydrogen-bond donors (Lipinski definition) is 0. The molecule has 1 aromatic rings. The summed E-state index contributed by atoms with van der Waals surface area (Å²) in [7, 11) is 1.63. The van der Waals surface area contributed by atoms with Crippen LogP contribution in [0.1, 0.15) is 69.8 Å². The lowest BCUT2D eigenvalue weighted by Crippen LogP contribution is -2.33. The van der Waals surface area contributed by atoms with Crippen LogP contribution in [0.5, 0.6) is 11.5 Å². The topological polar surface area (TPSA) is 65.1 Å². The largest absolute Gasteiger partial charge is 0.493 e. The van der Waals surface area contributed by atoms with Crippen molar-refractivity contribution in [2.45, 2.75) is 70.3 Å². The van der Waals surface area contributed by atoms with Crippen LogP contribution in [0, 0.1) is 5.92 Å². The molecule has 2 atom stereocenters. The maximum atomic E-state index is 12.6. The molecule has 33 heavy (non-hydrogen) atoms. The van der Waals surface area contributed by atoms with E-state index in [2.05, 4.69) is 19.6 Å². The van der Waals surface area contributed by atoms with Crippen LogP contribution < -0.4 is 9.47 Å². The van der Waals surface area contributed by atoms with Crippen LogP contribution in [0.25, 0.3) is 0 Å². The van der Waals surface area contributed by atoms with Crippen LogP contribution >= 0.6 is 0 Å². The fraction of sp³-hybridized carbons (Fsp3) is 0.556. The summed E-state index contributed by atoms with van der Waals surface area (Å²) in [5, 5.41) is 0.